The molecule has 1 rings (SSSR count). The SMILES string of the molecule is CN1CCNC(=O)CCSCCC1=O. The highest BCUT2D eigenvalue weighted by atomic mass is 32.2. The minimum absolute atomic E-state index is 0.0836. The van der Waals surface area contributed by atoms with Crippen molar-refractivity contribution in [3.8, 4) is 0 Å². The Balaban J connectivity index is 2.42. The van der Waals surface area contributed by atoms with E-state index < -0.39 is 0 Å². The van der Waals surface area contributed by atoms with Crippen LogP contribution < -0.4 is 5.32 Å². The Morgan fingerprint density at radius 3 is 2.79 bits per heavy atom. The third-order valence-electron chi connectivity index (χ3n) is 2.13. The highest BCUT2D eigenvalue weighted by Gasteiger charge is 2.10. The van der Waals surface area contributed by atoms with Crippen molar-refractivity contribution in [2.24, 2.45) is 0 Å². The minimum atomic E-state index is 0.0836. The van der Waals surface area contributed by atoms with E-state index in [9.17, 15) is 9.59 Å². The predicted octanol–water partition coefficient (Wildman–Crippen LogP) is 0.0880. The molecule has 1 fully saturated rings. The molecule has 1 aliphatic heterocycles. The van der Waals surface area contributed by atoms with Gasteiger partial charge in [0.2, 0.25) is 11.8 Å². The Kier molecular flexibility index (Phi) is 4.79. The van der Waals surface area contributed by atoms with E-state index in [0.717, 1.165) is 11.5 Å². The second-order valence-corrected chi connectivity index (χ2v) is 4.50. The van der Waals surface area contributed by atoms with E-state index in [1.165, 1.54) is 0 Å². The van der Waals surface area contributed by atoms with E-state index in [0.29, 0.717) is 25.9 Å². The third kappa shape index (κ3) is 4.00. The summed E-state index contributed by atoms with van der Waals surface area (Å²) in [6, 6.07) is 0. The molecule has 1 heterocycles. The van der Waals surface area contributed by atoms with Crippen molar-refractivity contribution in [3.05, 3.63) is 0 Å². The van der Waals surface area contributed by atoms with Gasteiger partial charge in [-0.3, -0.25) is 9.59 Å². The zero-order valence-electron chi connectivity index (χ0n) is 8.41. The van der Waals surface area contributed by atoms with Crippen LogP contribution in [0.1, 0.15) is 12.8 Å². The number of thioether (sulfide) groups is 1. The average Bonchev–Trinajstić information content (AvgIpc) is 2.18. The second kappa shape index (κ2) is 5.90. The molecule has 0 radical (unpaired) electrons. The van der Waals surface area contributed by atoms with Gasteiger partial charge in [0.1, 0.15) is 0 Å². The number of carbonyl (C=O) groups is 2. The van der Waals surface area contributed by atoms with Crippen LogP contribution >= 0.6 is 11.8 Å². The van der Waals surface area contributed by atoms with Gasteiger partial charge in [0.15, 0.2) is 0 Å². The van der Waals surface area contributed by atoms with Crippen molar-refractivity contribution in [1.82, 2.24) is 10.2 Å². The van der Waals surface area contributed by atoms with E-state index in [1.807, 2.05) is 0 Å². The van der Waals surface area contributed by atoms with Crippen molar-refractivity contribution in [2.75, 3.05) is 31.6 Å². The zero-order chi connectivity index (χ0) is 10.4. The summed E-state index contributed by atoms with van der Waals surface area (Å²) in [7, 11) is 1.77. The maximum atomic E-state index is 11.4. The van der Waals surface area contributed by atoms with Crippen LogP contribution in [-0.2, 0) is 9.59 Å². The van der Waals surface area contributed by atoms with E-state index in [1.54, 1.807) is 23.7 Å². The zero-order valence-corrected chi connectivity index (χ0v) is 9.23. The molecule has 0 spiro atoms. The van der Waals surface area contributed by atoms with E-state index in [-0.39, 0.29) is 11.8 Å². The molecular formula is C9H16N2O2S. The Labute approximate surface area is 88.4 Å². The predicted molar refractivity (Wildman–Crippen MR) is 57.2 cm³/mol. The number of carbonyl (C=O) groups excluding carboxylic acids is 2. The van der Waals surface area contributed by atoms with Crippen LogP contribution in [0.15, 0.2) is 0 Å². The van der Waals surface area contributed by atoms with Crippen molar-refractivity contribution < 1.29 is 9.59 Å². The minimum Gasteiger partial charge on any atom is -0.354 e. The van der Waals surface area contributed by atoms with Crippen molar-refractivity contribution in [1.29, 1.82) is 0 Å². The van der Waals surface area contributed by atoms with Gasteiger partial charge in [-0.2, -0.15) is 11.8 Å². The molecule has 0 atom stereocenters. The van der Waals surface area contributed by atoms with Crippen LogP contribution in [0.2, 0.25) is 0 Å². The lowest BCUT2D eigenvalue weighted by molar-refractivity contribution is -0.129. The Bertz CT molecular complexity index is 221. The number of hydrogen-bond acceptors (Lipinski definition) is 3. The second-order valence-electron chi connectivity index (χ2n) is 3.28. The summed E-state index contributed by atoms with van der Waals surface area (Å²) in [5, 5.41) is 2.78. The third-order valence-corrected chi connectivity index (χ3v) is 3.11. The van der Waals surface area contributed by atoms with Crippen LogP contribution in [-0.4, -0.2) is 48.4 Å². The van der Waals surface area contributed by atoms with Gasteiger partial charge in [-0.1, -0.05) is 0 Å². The van der Waals surface area contributed by atoms with Crippen LogP contribution in [0.25, 0.3) is 0 Å². The number of nitrogens with zero attached hydrogens (tertiary/aromatic N) is 1. The van der Waals surface area contributed by atoms with Gasteiger partial charge >= 0.3 is 0 Å². The Morgan fingerprint density at radius 2 is 2.00 bits per heavy atom. The highest BCUT2D eigenvalue weighted by molar-refractivity contribution is 7.99. The molecule has 0 unspecified atom stereocenters. The van der Waals surface area contributed by atoms with Crippen molar-refractivity contribution in [2.45, 2.75) is 12.8 Å². The fraction of sp³-hybridized carbons (Fsp3) is 0.778. The largest absolute Gasteiger partial charge is 0.354 e. The van der Waals surface area contributed by atoms with Gasteiger partial charge in [0.05, 0.1) is 0 Å². The molecule has 0 aromatic rings. The molecule has 1 saturated heterocycles. The first-order valence-corrected chi connectivity index (χ1v) is 5.94. The summed E-state index contributed by atoms with van der Waals surface area (Å²) in [4.78, 5) is 24.3. The number of amides is 2. The summed E-state index contributed by atoms with van der Waals surface area (Å²) in [5.74, 6) is 1.87. The molecule has 1 N–H and O–H groups in total. The van der Waals surface area contributed by atoms with E-state index in [2.05, 4.69) is 5.32 Å². The van der Waals surface area contributed by atoms with Gasteiger partial charge in [-0.25, -0.2) is 0 Å². The van der Waals surface area contributed by atoms with Crippen LogP contribution in [0, 0.1) is 0 Å². The standard InChI is InChI=1S/C9H16N2O2S/c1-11-5-4-10-8(12)2-6-14-7-3-9(11)13/h2-7H2,1H3,(H,10,12). The maximum absolute atomic E-state index is 11.4. The first kappa shape index (κ1) is 11.4. The molecule has 0 aromatic heterocycles. The number of rotatable bonds is 0. The molecule has 0 aliphatic carbocycles. The fourth-order valence-corrected chi connectivity index (χ4v) is 2.05. The summed E-state index contributed by atoms with van der Waals surface area (Å²) in [6.45, 7) is 1.17. The molecule has 80 valence electrons. The molecular weight excluding hydrogens is 200 g/mol. The van der Waals surface area contributed by atoms with Crippen LogP contribution in [0.5, 0.6) is 0 Å². The van der Waals surface area contributed by atoms with Gasteiger partial charge in [0, 0.05) is 44.5 Å². The molecule has 0 saturated carbocycles. The number of nitrogens with one attached hydrogen (secondary N) is 1. The smallest absolute Gasteiger partial charge is 0.223 e. The summed E-state index contributed by atoms with van der Waals surface area (Å²) in [6.07, 6.45) is 1.14. The quantitative estimate of drug-likeness (QED) is 0.624. The van der Waals surface area contributed by atoms with Gasteiger partial charge < -0.3 is 10.2 Å². The Morgan fingerprint density at radius 1 is 1.29 bits per heavy atom. The van der Waals surface area contributed by atoms with Crippen molar-refractivity contribution in [3.63, 3.8) is 0 Å². The lowest BCUT2D eigenvalue weighted by Crippen LogP contribution is -2.35. The monoisotopic (exact) mass is 216 g/mol. The topological polar surface area (TPSA) is 49.4 Å². The summed E-state index contributed by atoms with van der Waals surface area (Å²) >= 11 is 1.66. The normalized spacial score (nSPS) is 21.4. The molecule has 1 aliphatic rings. The van der Waals surface area contributed by atoms with Crippen molar-refractivity contribution >= 4 is 23.6 Å². The van der Waals surface area contributed by atoms with E-state index >= 15 is 0 Å². The number of likely N-dealkylation sites (N-methyl/N-ethyl adjacent to an activating group) is 1. The molecule has 4 nitrogen and oxygen atoms in total. The fourth-order valence-electron chi connectivity index (χ4n) is 1.19. The van der Waals surface area contributed by atoms with Crippen LogP contribution in [0.4, 0.5) is 0 Å². The van der Waals surface area contributed by atoms with Gasteiger partial charge in [-0.05, 0) is 0 Å². The molecule has 2 amide bonds. The van der Waals surface area contributed by atoms with Gasteiger partial charge in [-0.15, -0.1) is 0 Å². The lowest BCUT2D eigenvalue weighted by Gasteiger charge is -2.16. The number of hydrogen-bond donors (Lipinski definition) is 1. The first-order valence-electron chi connectivity index (χ1n) is 4.78. The first-order chi connectivity index (χ1) is 6.70. The molecule has 0 bridgehead atoms. The van der Waals surface area contributed by atoms with Crippen LogP contribution in [0.3, 0.4) is 0 Å². The highest BCUT2D eigenvalue weighted by Crippen LogP contribution is 2.06. The molecule has 14 heavy (non-hydrogen) atoms. The average molecular weight is 216 g/mol. The summed E-state index contributed by atoms with van der Waals surface area (Å²) < 4.78 is 0. The molecule has 0 aromatic carbocycles. The Hall–Kier alpha value is -0.710. The van der Waals surface area contributed by atoms with E-state index in [4.69, 9.17) is 0 Å². The lowest BCUT2D eigenvalue weighted by atomic mass is 10.4. The summed E-state index contributed by atoms with van der Waals surface area (Å²) in [5.41, 5.74) is 0. The van der Waals surface area contributed by atoms with Gasteiger partial charge in [0.25, 0.3) is 0 Å². The molecule has 5 heteroatoms. The maximum Gasteiger partial charge on any atom is 0.223 e.